The predicted molar refractivity (Wildman–Crippen MR) is 264 cm³/mol. The third kappa shape index (κ3) is 8.60. The molecule has 9 heterocycles. The third-order valence-corrected chi connectivity index (χ3v) is 12.8. The minimum absolute atomic E-state index is 0.355. The van der Waals surface area contributed by atoms with Gasteiger partial charge in [-0.05, 0) is 74.3 Å². The largest absolute Gasteiger partial charge is 0.354 e. The van der Waals surface area contributed by atoms with Crippen LogP contribution in [0.1, 0.15) is 125 Å². The summed E-state index contributed by atoms with van der Waals surface area (Å²) < 4.78 is 0. The van der Waals surface area contributed by atoms with E-state index in [0.29, 0.717) is 66.2 Å². The van der Waals surface area contributed by atoms with Gasteiger partial charge in [-0.25, -0.2) is 29.9 Å². The number of nitrogens with one attached hydrogen (secondary N) is 6. The summed E-state index contributed by atoms with van der Waals surface area (Å²) >= 11 is 28.2. The summed E-state index contributed by atoms with van der Waals surface area (Å²) in [5.41, 5.74) is 11.3. The zero-order valence-corrected chi connectivity index (χ0v) is 39.3. The Morgan fingerprint density at radius 1 is 0.344 bits per heavy atom. The molecule has 0 saturated carbocycles. The molecule has 8 bridgehead atoms. The first-order valence-corrected chi connectivity index (χ1v) is 23.8. The van der Waals surface area contributed by atoms with Gasteiger partial charge in [0, 0.05) is 25.7 Å². The van der Waals surface area contributed by atoms with E-state index in [0.717, 1.165) is 145 Å². The summed E-state index contributed by atoms with van der Waals surface area (Å²) in [4.78, 5) is 51.5. The Balaban J connectivity index is 1.42. The minimum atomic E-state index is 0.355. The summed E-state index contributed by atoms with van der Waals surface area (Å²) in [6.45, 7) is 8.63. The number of unbranched alkanes of at least 4 members (excludes halogenated alkanes) is 4. The van der Waals surface area contributed by atoms with Crippen molar-refractivity contribution in [2.24, 2.45) is 0 Å². The number of hydrogen-bond donors (Lipinski definition) is 6. The van der Waals surface area contributed by atoms with Crippen molar-refractivity contribution in [1.29, 1.82) is 0 Å². The van der Waals surface area contributed by atoms with E-state index < -0.39 is 0 Å². The molecule has 7 aromatic heterocycles. The second-order valence-electron chi connectivity index (χ2n) is 16.3. The van der Waals surface area contributed by atoms with E-state index in [-0.39, 0.29) is 0 Å². The lowest BCUT2D eigenvalue weighted by Gasteiger charge is -2.05. The first-order valence-electron chi connectivity index (χ1n) is 22.3. The first-order chi connectivity index (χ1) is 31.2. The fraction of sp³-hybridized carbons (Fsp3) is 0.333. The molecular weight excluding hydrogens is 886 g/mol. The highest BCUT2D eigenvalue weighted by molar-refractivity contribution is 6.33. The number of aromatic nitrogens is 12. The molecule has 0 radical (unpaired) electrons. The molecule has 0 amide bonds. The quantitative estimate of drug-likeness (QED) is 0.0563. The standard InChI is InChI=1S/C48H50Cl4N12/c1-5-9-13-33-57-41(45(49)61-33)37-25-17-19-27(53-25)38(42-46(50)62-34(58-42)14-10-6-2)29-21-23-31(55-29)40(44-48(52)64-36(60-44)16-12-8-4)32-24-22-30(56-32)39(28-20-18-26(37)54-28)43-47(51)63-35(59-43)15-11-7-3/h17-24,53,56H,5-16H2,1-4H3,(H,57,61)(H,58,62)(H,59,63)(H,60,64). The first kappa shape index (κ1) is 43.8. The number of nitrogens with zero attached hydrogens (tertiary/aromatic N) is 6. The molecule has 2 aliphatic rings. The fourth-order valence-corrected chi connectivity index (χ4v) is 9.34. The second-order valence-corrected chi connectivity index (χ2v) is 17.7. The maximum absolute atomic E-state index is 7.06. The normalized spacial score (nSPS) is 12.4. The van der Waals surface area contributed by atoms with Crippen LogP contribution in [0.4, 0.5) is 0 Å². The SMILES string of the molecule is CCCCc1nc(Cl)c(-c2c3nc(c(-c4[nH]c(CCCC)nc4Cl)c4ccc([nH]4)c(-c4[nH]c(CCCC)nc4Cl)c4nc(c(-c5[nH]c(CCCC)nc5Cl)c5ccc2[nH]5)C=C4)C=C3)[nH]1. The Morgan fingerprint density at radius 2 is 0.578 bits per heavy atom. The lowest BCUT2D eigenvalue weighted by atomic mass is 10.1. The number of fused-ring (bicyclic) bond motifs is 8. The minimum Gasteiger partial charge on any atom is -0.354 e. The highest BCUT2D eigenvalue weighted by atomic mass is 35.5. The van der Waals surface area contributed by atoms with Gasteiger partial charge in [0.15, 0.2) is 20.6 Å². The molecule has 0 unspecified atom stereocenters. The number of imidazole rings is 4. The van der Waals surface area contributed by atoms with E-state index in [2.05, 4.69) is 57.6 Å². The lowest BCUT2D eigenvalue weighted by molar-refractivity contribution is 0.763. The van der Waals surface area contributed by atoms with Gasteiger partial charge in [-0.2, -0.15) is 0 Å². The summed E-state index contributed by atoms with van der Waals surface area (Å²) in [6, 6.07) is 8.11. The van der Waals surface area contributed by atoms with Crippen LogP contribution >= 0.6 is 46.4 Å². The maximum atomic E-state index is 7.06. The van der Waals surface area contributed by atoms with Crippen molar-refractivity contribution >= 4 is 92.8 Å². The average molecular weight is 937 g/mol. The van der Waals surface area contributed by atoms with Crippen LogP contribution in [0.25, 0.3) is 91.4 Å². The summed E-state index contributed by atoms with van der Waals surface area (Å²) in [5, 5.41) is 1.42. The molecule has 64 heavy (non-hydrogen) atoms. The molecule has 330 valence electrons. The predicted octanol–water partition coefficient (Wildman–Crippen LogP) is 14.2. The molecule has 0 aromatic carbocycles. The monoisotopic (exact) mass is 934 g/mol. The van der Waals surface area contributed by atoms with Gasteiger partial charge >= 0.3 is 0 Å². The lowest BCUT2D eigenvalue weighted by Crippen LogP contribution is -1.92. The average Bonchev–Trinajstić information content (AvgIpc) is 4.15. The molecule has 0 atom stereocenters. The molecule has 0 fully saturated rings. The highest BCUT2D eigenvalue weighted by Crippen LogP contribution is 2.41. The van der Waals surface area contributed by atoms with Crippen LogP contribution in [0.3, 0.4) is 0 Å². The molecule has 0 saturated heterocycles. The van der Waals surface area contributed by atoms with Crippen molar-refractivity contribution in [2.75, 3.05) is 0 Å². The summed E-state index contributed by atoms with van der Waals surface area (Å²) in [5.74, 6) is 3.23. The number of halogens is 4. The number of H-pyrrole nitrogens is 6. The molecule has 16 heteroatoms. The van der Waals surface area contributed by atoms with Crippen LogP contribution < -0.4 is 0 Å². The van der Waals surface area contributed by atoms with E-state index in [1.54, 1.807) is 0 Å². The molecular formula is C48H50Cl4N12. The van der Waals surface area contributed by atoms with E-state index >= 15 is 0 Å². The van der Waals surface area contributed by atoms with Crippen molar-refractivity contribution in [3.8, 4) is 45.0 Å². The van der Waals surface area contributed by atoms with Crippen LogP contribution in [0.5, 0.6) is 0 Å². The van der Waals surface area contributed by atoms with Gasteiger partial charge in [0.05, 0.1) is 89.9 Å². The van der Waals surface area contributed by atoms with E-state index in [9.17, 15) is 0 Å². The highest BCUT2D eigenvalue weighted by Gasteiger charge is 2.25. The zero-order chi connectivity index (χ0) is 44.5. The molecule has 12 nitrogen and oxygen atoms in total. The van der Waals surface area contributed by atoms with Crippen molar-refractivity contribution in [3.05, 3.63) is 91.0 Å². The van der Waals surface area contributed by atoms with Crippen LogP contribution in [0, 0.1) is 0 Å². The van der Waals surface area contributed by atoms with E-state index in [4.69, 9.17) is 76.3 Å². The fourth-order valence-electron chi connectivity index (χ4n) is 8.36. The zero-order valence-electron chi connectivity index (χ0n) is 36.3. The van der Waals surface area contributed by atoms with Gasteiger partial charge in [0.2, 0.25) is 0 Å². The van der Waals surface area contributed by atoms with Crippen molar-refractivity contribution in [2.45, 2.75) is 105 Å². The van der Waals surface area contributed by atoms with Crippen molar-refractivity contribution < 1.29 is 0 Å². The van der Waals surface area contributed by atoms with Gasteiger partial charge in [0.1, 0.15) is 23.3 Å². The van der Waals surface area contributed by atoms with Crippen LogP contribution in [-0.4, -0.2) is 59.8 Å². The molecule has 0 aliphatic carbocycles. The maximum Gasteiger partial charge on any atom is 0.155 e. The number of hydrogen-bond acceptors (Lipinski definition) is 6. The second kappa shape index (κ2) is 19.0. The van der Waals surface area contributed by atoms with Gasteiger partial charge in [-0.15, -0.1) is 0 Å². The Bertz CT molecular complexity index is 2680. The topological polar surface area (TPSA) is 172 Å². The summed E-state index contributed by atoms with van der Waals surface area (Å²) in [6.07, 6.45) is 19.0. The number of rotatable bonds is 16. The molecule has 7 aromatic rings. The summed E-state index contributed by atoms with van der Waals surface area (Å²) in [7, 11) is 0. The van der Waals surface area contributed by atoms with Gasteiger partial charge in [-0.3, -0.25) is 0 Å². The molecule has 6 N–H and O–H groups in total. The number of aromatic amines is 6. The molecule has 9 rings (SSSR count). The van der Waals surface area contributed by atoms with E-state index in [1.165, 1.54) is 0 Å². The van der Waals surface area contributed by atoms with Gasteiger partial charge < -0.3 is 29.9 Å². The number of aryl methyl sites for hydroxylation is 4. The Morgan fingerprint density at radius 3 is 0.797 bits per heavy atom. The molecule has 0 spiro atoms. The van der Waals surface area contributed by atoms with Crippen molar-refractivity contribution in [3.63, 3.8) is 0 Å². The van der Waals surface area contributed by atoms with Gasteiger partial charge in [-0.1, -0.05) is 99.8 Å². The third-order valence-electron chi connectivity index (χ3n) is 11.7. The van der Waals surface area contributed by atoms with E-state index in [1.807, 2.05) is 48.6 Å². The van der Waals surface area contributed by atoms with Crippen LogP contribution in [0.15, 0.2) is 24.3 Å². The Labute approximate surface area is 391 Å². The smallest absolute Gasteiger partial charge is 0.155 e. The molecule has 2 aliphatic heterocycles. The van der Waals surface area contributed by atoms with Gasteiger partial charge in [0.25, 0.3) is 0 Å². The Hall–Kier alpha value is -5.40. The van der Waals surface area contributed by atoms with Crippen molar-refractivity contribution in [1.82, 2.24) is 59.8 Å². The van der Waals surface area contributed by atoms with Crippen LogP contribution in [0.2, 0.25) is 20.6 Å². The van der Waals surface area contributed by atoms with Crippen LogP contribution in [-0.2, 0) is 25.7 Å². The Kier molecular flexibility index (Phi) is 13.0.